The first-order valence-corrected chi connectivity index (χ1v) is 8.24. The first kappa shape index (κ1) is 13.6. The van der Waals surface area contributed by atoms with E-state index in [9.17, 15) is 0 Å². The Morgan fingerprint density at radius 1 is 1.05 bits per heavy atom. The zero-order chi connectivity index (χ0) is 14.4. The van der Waals surface area contributed by atoms with Crippen molar-refractivity contribution in [1.29, 1.82) is 0 Å². The molecule has 4 heteroatoms. The van der Waals surface area contributed by atoms with Crippen LogP contribution in [0, 0.1) is 0 Å². The monoisotopic (exact) mass is 364 g/mol. The van der Waals surface area contributed by atoms with Crippen LogP contribution in [-0.2, 0) is 24.4 Å². The molecule has 2 aliphatic heterocycles. The number of ether oxygens (including phenoxy) is 2. The van der Waals surface area contributed by atoms with Crippen LogP contribution < -0.4 is 4.74 Å². The topological polar surface area (TPSA) is 18.5 Å². The fourth-order valence-electron chi connectivity index (χ4n) is 3.02. The van der Waals surface area contributed by atoms with Gasteiger partial charge in [-0.25, -0.2) is 0 Å². The minimum absolute atomic E-state index is 0.208. The highest BCUT2D eigenvalue weighted by Gasteiger charge is 2.24. The third kappa shape index (κ3) is 2.37. The molecule has 1 atom stereocenters. The van der Waals surface area contributed by atoms with Crippen molar-refractivity contribution < 1.29 is 9.47 Å². The van der Waals surface area contributed by atoms with E-state index in [0.29, 0.717) is 13.2 Å². The third-order valence-electron chi connectivity index (χ3n) is 4.09. The van der Waals surface area contributed by atoms with Crippen molar-refractivity contribution in [2.75, 3.05) is 6.61 Å². The molecule has 0 amide bonds. The molecular formula is C17H14BrClO2. The molecule has 2 nitrogen and oxygen atoms in total. The summed E-state index contributed by atoms with van der Waals surface area (Å²) in [6.07, 6.45) is 0.948. The van der Waals surface area contributed by atoms with Crippen molar-refractivity contribution in [2.45, 2.75) is 25.0 Å². The Hall–Kier alpha value is -1.03. The van der Waals surface area contributed by atoms with E-state index in [1.807, 2.05) is 0 Å². The molecule has 2 aromatic rings. The van der Waals surface area contributed by atoms with Gasteiger partial charge in [0.1, 0.15) is 5.75 Å². The van der Waals surface area contributed by atoms with Gasteiger partial charge in [-0.2, -0.15) is 0 Å². The smallest absolute Gasteiger partial charge is 0.127 e. The van der Waals surface area contributed by atoms with Crippen molar-refractivity contribution in [1.82, 2.24) is 0 Å². The lowest BCUT2D eigenvalue weighted by Gasteiger charge is -2.16. The summed E-state index contributed by atoms with van der Waals surface area (Å²) in [5.41, 5.74) is 5.87. The minimum atomic E-state index is -0.208. The van der Waals surface area contributed by atoms with Gasteiger partial charge in [0.2, 0.25) is 0 Å². The van der Waals surface area contributed by atoms with E-state index in [2.05, 4.69) is 46.3 Å². The zero-order valence-electron chi connectivity index (χ0n) is 11.4. The number of benzene rings is 2. The molecule has 0 saturated carbocycles. The van der Waals surface area contributed by atoms with E-state index in [1.165, 1.54) is 16.7 Å². The average molecular weight is 366 g/mol. The maximum absolute atomic E-state index is 6.75. The Labute approximate surface area is 137 Å². The van der Waals surface area contributed by atoms with Crippen molar-refractivity contribution in [3.05, 3.63) is 62.6 Å². The van der Waals surface area contributed by atoms with Crippen LogP contribution in [0.1, 0.15) is 33.2 Å². The van der Waals surface area contributed by atoms with Crippen molar-refractivity contribution >= 4 is 27.5 Å². The number of fused-ring (bicyclic) bond motifs is 2. The van der Waals surface area contributed by atoms with Gasteiger partial charge >= 0.3 is 0 Å². The summed E-state index contributed by atoms with van der Waals surface area (Å²) in [5.74, 6) is 0.954. The molecule has 0 spiro atoms. The first-order chi connectivity index (χ1) is 10.2. The van der Waals surface area contributed by atoms with E-state index >= 15 is 0 Å². The molecule has 0 bridgehead atoms. The quantitative estimate of drug-likeness (QED) is 0.716. The highest BCUT2D eigenvalue weighted by molar-refractivity contribution is 9.10. The lowest BCUT2D eigenvalue weighted by Crippen LogP contribution is -1.99. The van der Waals surface area contributed by atoms with Gasteiger partial charge < -0.3 is 9.47 Å². The van der Waals surface area contributed by atoms with Crippen LogP contribution in [-0.4, -0.2) is 6.61 Å². The van der Waals surface area contributed by atoms with Gasteiger partial charge in [0, 0.05) is 16.5 Å². The lowest BCUT2D eigenvalue weighted by molar-refractivity contribution is 0.134. The molecule has 4 rings (SSSR count). The summed E-state index contributed by atoms with van der Waals surface area (Å²) in [6.45, 7) is 2.12. The van der Waals surface area contributed by atoms with Gasteiger partial charge in [0.15, 0.2) is 0 Å². The highest BCUT2D eigenvalue weighted by atomic mass is 79.9. The fourth-order valence-corrected chi connectivity index (χ4v) is 3.84. The van der Waals surface area contributed by atoms with E-state index in [-0.39, 0.29) is 5.38 Å². The molecule has 0 radical (unpaired) electrons. The second kappa shape index (κ2) is 5.31. The number of alkyl halides is 1. The van der Waals surface area contributed by atoms with Crippen LogP contribution in [0.3, 0.4) is 0 Å². The highest BCUT2D eigenvalue weighted by Crippen LogP contribution is 2.42. The lowest BCUT2D eigenvalue weighted by atomic mass is 9.98. The predicted octanol–water partition coefficient (Wildman–Crippen LogP) is 4.74. The summed E-state index contributed by atoms with van der Waals surface area (Å²) in [4.78, 5) is 0. The molecule has 0 aromatic heterocycles. The molecule has 0 saturated heterocycles. The summed E-state index contributed by atoms with van der Waals surface area (Å²) < 4.78 is 12.3. The SMILES string of the molecule is ClC(c1ccc2c(c1)COC2)c1cc(Br)cc2c1OCC2. The van der Waals surface area contributed by atoms with Crippen LogP contribution in [0.2, 0.25) is 0 Å². The number of halogens is 2. The first-order valence-electron chi connectivity index (χ1n) is 7.01. The molecule has 1 unspecified atom stereocenters. The van der Waals surface area contributed by atoms with Gasteiger partial charge in [-0.05, 0) is 34.4 Å². The number of hydrogen-bond donors (Lipinski definition) is 0. The zero-order valence-corrected chi connectivity index (χ0v) is 13.7. The van der Waals surface area contributed by atoms with E-state index in [1.54, 1.807) is 0 Å². The summed E-state index contributed by atoms with van der Waals surface area (Å²) in [7, 11) is 0. The largest absolute Gasteiger partial charge is 0.493 e. The van der Waals surface area contributed by atoms with E-state index in [4.69, 9.17) is 21.1 Å². The molecule has 108 valence electrons. The summed E-state index contributed by atoms with van der Waals surface area (Å²) in [5, 5.41) is -0.208. The van der Waals surface area contributed by atoms with Gasteiger partial charge in [-0.15, -0.1) is 11.6 Å². The fraction of sp³-hybridized carbons (Fsp3) is 0.294. The van der Waals surface area contributed by atoms with Gasteiger partial charge in [0.25, 0.3) is 0 Å². The number of hydrogen-bond acceptors (Lipinski definition) is 2. The summed E-state index contributed by atoms with van der Waals surface area (Å²) >= 11 is 10.3. The molecule has 21 heavy (non-hydrogen) atoms. The van der Waals surface area contributed by atoms with Crippen LogP contribution in [0.4, 0.5) is 0 Å². The van der Waals surface area contributed by atoms with Crippen molar-refractivity contribution in [2.24, 2.45) is 0 Å². The molecule has 0 fully saturated rings. The Bertz CT molecular complexity index is 714. The van der Waals surface area contributed by atoms with Crippen LogP contribution in [0.25, 0.3) is 0 Å². The number of rotatable bonds is 2. The molecular weight excluding hydrogens is 352 g/mol. The second-order valence-electron chi connectivity index (χ2n) is 5.47. The molecule has 2 heterocycles. The van der Waals surface area contributed by atoms with E-state index in [0.717, 1.165) is 34.4 Å². The maximum atomic E-state index is 6.75. The maximum Gasteiger partial charge on any atom is 0.127 e. The second-order valence-corrected chi connectivity index (χ2v) is 6.82. The Morgan fingerprint density at radius 2 is 1.90 bits per heavy atom. The molecule has 2 aromatic carbocycles. The molecule has 2 aliphatic rings. The normalized spacial score (nSPS) is 17.2. The molecule has 0 aliphatic carbocycles. The van der Waals surface area contributed by atoms with Gasteiger partial charge in [0.05, 0.1) is 25.2 Å². The third-order valence-corrected chi connectivity index (χ3v) is 5.03. The summed E-state index contributed by atoms with van der Waals surface area (Å²) in [6, 6.07) is 10.5. The van der Waals surface area contributed by atoms with Crippen molar-refractivity contribution in [3.8, 4) is 5.75 Å². The standard InChI is InChI=1S/C17H14BrClO2/c18-14-6-11-3-4-21-17(11)15(7-14)16(19)10-1-2-12-8-20-9-13(12)5-10/h1-2,5-7,16H,3-4,8-9H2. The predicted molar refractivity (Wildman–Crippen MR) is 86.0 cm³/mol. The van der Waals surface area contributed by atoms with Crippen molar-refractivity contribution in [3.63, 3.8) is 0 Å². The van der Waals surface area contributed by atoms with Crippen LogP contribution in [0.15, 0.2) is 34.8 Å². The van der Waals surface area contributed by atoms with Crippen LogP contribution in [0.5, 0.6) is 5.75 Å². The molecule has 0 N–H and O–H groups in total. The van der Waals surface area contributed by atoms with E-state index < -0.39 is 0 Å². The van der Waals surface area contributed by atoms with Gasteiger partial charge in [-0.1, -0.05) is 34.1 Å². The van der Waals surface area contributed by atoms with Crippen LogP contribution >= 0.6 is 27.5 Å². The average Bonchev–Trinajstić information content (AvgIpc) is 3.12. The Balaban J connectivity index is 1.77. The Morgan fingerprint density at radius 3 is 2.81 bits per heavy atom. The van der Waals surface area contributed by atoms with Gasteiger partial charge in [-0.3, -0.25) is 0 Å². The minimum Gasteiger partial charge on any atom is -0.493 e. The Kier molecular flexibility index (Phi) is 3.44.